The minimum absolute atomic E-state index is 0.354. The van der Waals surface area contributed by atoms with Crippen molar-refractivity contribution in [1.29, 1.82) is 0 Å². The van der Waals surface area contributed by atoms with E-state index in [2.05, 4.69) is 4.98 Å². The molecular weight excluding hydrogens is 260 g/mol. The van der Waals surface area contributed by atoms with Gasteiger partial charge in [-0.25, -0.2) is 0 Å². The number of benzene rings is 1. The number of pyridine rings is 1. The molecule has 0 radical (unpaired) electrons. The number of alkyl halides is 1. The number of aromatic nitrogens is 2. The zero-order valence-electron chi connectivity index (χ0n) is 10.5. The highest BCUT2D eigenvalue weighted by Crippen LogP contribution is 2.28. The van der Waals surface area contributed by atoms with Crippen LogP contribution in [0.3, 0.4) is 0 Å². The Labute approximate surface area is 116 Å². The second-order valence-electron chi connectivity index (χ2n) is 4.29. The molecule has 0 N–H and O–H groups in total. The van der Waals surface area contributed by atoms with Crippen LogP contribution in [0, 0.1) is 6.92 Å². The summed E-state index contributed by atoms with van der Waals surface area (Å²) < 4.78 is 7.84. The van der Waals surface area contributed by atoms with E-state index in [1.165, 1.54) is 0 Å². The van der Waals surface area contributed by atoms with E-state index in [0.717, 1.165) is 22.7 Å². The molecule has 0 spiro atoms. The summed E-state index contributed by atoms with van der Waals surface area (Å²) in [7, 11) is 0. The number of ether oxygens (including phenoxy) is 1. The standard InChI is InChI=1S/C15H13ClN2O/c1-11-6-2-3-7-13(11)19-15-12(10-16)18-9-5-4-8-14(18)17-15/h2-9H,10H2,1H3. The average Bonchev–Trinajstić information content (AvgIpc) is 2.78. The molecule has 4 heteroatoms. The Morgan fingerprint density at radius 1 is 1.16 bits per heavy atom. The molecule has 0 saturated carbocycles. The molecule has 0 atom stereocenters. The number of aryl methyl sites for hydroxylation is 1. The first kappa shape index (κ1) is 12.1. The lowest BCUT2D eigenvalue weighted by Gasteiger charge is -2.06. The van der Waals surface area contributed by atoms with E-state index >= 15 is 0 Å². The van der Waals surface area contributed by atoms with Gasteiger partial charge < -0.3 is 4.74 Å². The van der Waals surface area contributed by atoms with Crippen molar-refractivity contribution < 1.29 is 4.74 Å². The third kappa shape index (κ3) is 2.17. The molecule has 0 aliphatic heterocycles. The Morgan fingerprint density at radius 2 is 1.95 bits per heavy atom. The molecule has 0 bridgehead atoms. The largest absolute Gasteiger partial charge is 0.437 e. The van der Waals surface area contributed by atoms with Crippen LogP contribution in [0.4, 0.5) is 0 Å². The molecule has 2 aromatic heterocycles. The minimum Gasteiger partial charge on any atom is -0.437 e. The first-order valence-electron chi connectivity index (χ1n) is 6.05. The van der Waals surface area contributed by atoms with Crippen molar-refractivity contribution in [2.75, 3.05) is 0 Å². The van der Waals surface area contributed by atoms with Gasteiger partial charge in [0.15, 0.2) is 0 Å². The molecule has 19 heavy (non-hydrogen) atoms. The topological polar surface area (TPSA) is 26.5 Å². The van der Waals surface area contributed by atoms with E-state index in [4.69, 9.17) is 16.3 Å². The lowest BCUT2D eigenvalue weighted by atomic mass is 10.2. The maximum absolute atomic E-state index is 6.02. The van der Waals surface area contributed by atoms with Crippen LogP contribution in [-0.2, 0) is 5.88 Å². The Bertz CT molecular complexity index is 721. The van der Waals surface area contributed by atoms with Crippen molar-refractivity contribution in [3.63, 3.8) is 0 Å². The zero-order chi connectivity index (χ0) is 13.2. The highest BCUT2D eigenvalue weighted by Gasteiger charge is 2.13. The fourth-order valence-corrected chi connectivity index (χ4v) is 2.25. The Hall–Kier alpha value is -2.00. The second-order valence-corrected chi connectivity index (χ2v) is 4.56. The van der Waals surface area contributed by atoms with Gasteiger partial charge in [-0.3, -0.25) is 4.40 Å². The molecule has 3 aromatic rings. The summed E-state index contributed by atoms with van der Waals surface area (Å²) in [6.07, 6.45) is 1.94. The smallest absolute Gasteiger partial charge is 0.242 e. The van der Waals surface area contributed by atoms with Crippen LogP contribution in [0.5, 0.6) is 11.6 Å². The first-order valence-corrected chi connectivity index (χ1v) is 6.58. The number of nitrogens with zero attached hydrogens (tertiary/aromatic N) is 2. The van der Waals surface area contributed by atoms with Crippen LogP contribution in [0.1, 0.15) is 11.3 Å². The number of hydrogen-bond acceptors (Lipinski definition) is 2. The fourth-order valence-electron chi connectivity index (χ4n) is 2.00. The monoisotopic (exact) mass is 272 g/mol. The van der Waals surface area contributed by atoms with Crippen molar-refractivity contribution in [2.45, 2.75) is 12.8 Å². The predicted molar refractivity (Wildman–Crippen MR) is 76.0 cm³/mol. The molecule has 1 aromatic carbocycles. The van der Waals surface area contributed by atoms with Crippen LogP contribution in [0.15, 0.2) is 48.7 Å². The van der Waals surface area contributed by atoms with E-state index in [0.29, 0.717) is 11.8 Å². The maximum Gasteiger partial charge on any atom is 0.242 e. The van der Waals surface area contributed by atoms with E-state index in [1.807, 2.05) is 60.0 Å². The van der Waals surface area contributed by atoms with Gasteiger partial charge in [0, 0.05) is 6.20 Å². The highest BCUT2D eigenvalue weighted by atomic mass is 35.5. The summed E-state index contributed by atoms with van der Waals surface area (Å²) in [5, 5.41) is 0. The number of para-hydroxylation sites is 1. The van der Waals surface area contributed by atoms with Gasteiger partial charge in [0.1, 0.15) is 17.1 Å². The maximum atomic E-state index is 6.02. The molecule has 2 heterocycles. The Balaban J connectivity index is 2.08. The van der Waals surface area contributed by atoms with E-state index < -0.39 is 0 Å². The molecule has 0 saturated heterocycles. The number of imidazole rings is 1. The zero-order valence-corrected chi connectivity index (χ0v) is 11.3. The molecule has 0 amide bonds. The second kappa shape index (κ2) is 4.94. The third-order valence-corrected chi connectivity index (χ3v) is 3.27. The van der Waals surface area contributed by atoms with Crippen LogP contribution < -0.4 is 4.74 Å². The van der Waals surface area contributed by atoms with Crippen molar-refractivity contribution in [2.24, 2.45) is 0 Å². The van der Waals surface area contributed by atoms with Gasteiger partial charge in [-0.15, -0.1) is 11.6 Å². The van der Waals surface area contributed by atoms with Gasteiger partial charge in [0.05, 0.1) is 5.88 Å². The van der Waals surface area contributed by atoms with Crippen molar-refractivity contribution >= 4 is 17.2 Å². The van der Waals surface area contributed by atoms with Crippen molar-refractivity contribution in [3.05, 3.63) is 59.9 Å². The predicted octanol–water partition coefficient (Wildman–Crippen LogP) is 4.17. The summed E-state index contributed by atoms with van der Waals surface area (Å²) >= 11 is 6.02. The summed E-state index contributed by atoms with van der Waals surface area (Å²) in [4.78, 5) is 4.48. The van der Waals surface area contributed by atoms with Gasteiger partial charge in [-0.05, 0) is 30.7 Å². The normalized spacial score (nSPS) is 10.8. The molecule has 0 aliphatic carbocycles. The van der Waals surface area contributed by atoms with Gasteiger partial charge >= 0.3 is 0 Å². The van der Waals surface area contributed by atoms with Crippen LogP contribution in [0.2, 0.25) is 0 Å². The van der Waals surface area contributed by atoms with E-state index in [1.54, 1.807) is 0 Å². The molecule has 0 aliphatic rings. The fraction of sp³-hybridized carbons (Fsp3) is 0.133. The average molecular weight is 273 g/mol. The third-order valence-electron chi connectivity index (χ3n) is 3.02. The van der Waals surface area contributed by atoms with Gasteiger partial charge in [0.25, 0.3) is 0 Å². The van der Waals surface area contributed by atoms with Crippen molar-refractivity contribution in [3.8, 4) is 11.6 Å². The quantitative estimate of drug-likeness (QED) is 0.669. The summed E-state index contributed by atoms with van der Waals surface area (Å²) in [5.41, 5.74) is 2.77. The Morgan fingerprint density at radius 3 is 2.74 bits per heavy atom. The highest BCUT2D eigenvalue weighted by molar-refractivity contribution is 6.17. The van der Waals surface area contributed by atoms with Gasteiger partial charge in [0.2, 0.25) is 5.88 Å². The van der Waals surface area contributed by atoms with E-state index in [9.17, 15) is 0 Å². The summed E-state index contributed by atoms with van der Waals surface area (Å²) in [6, 6.07) is 13.7. The molecule has 0 unspecified atom stereocenters. The number of hydrogen-bond donors (Lipinski definition) is 0. The molecule has 3 rings (SSSR count). The lowest BCUT2D eigenvalue weighted by molar-refractivity contribution is 0.458. The molecular formula is C15H13ClN2O. The van der Waals surface area contributed by atoms with Crippen LogP contribution >= 0.6 is 11.6 Å². The SMILES string of the molecule is Cc1ccccc1Oc1nc2ccccn2c1CCl. The van der Waals surface area contributed by atoms with Gasteiger partial charge in [-0.2, -0.15) is 4.98 Å². The van der Waals surface area contributed by atoms with Crippen LogP contribution in [-0.4, -0.2) is 9.38 Å². The number of rotatable bonds is 3. The molecule has 3 nitrogen and oxygen atoms in total. The Kier molecular flexibility index (Phi) is 3.13. The van der Waals surface area contributed by atoms with Crippen LogP contribution in [0.25, 0.3) is 5.65 Å². The molecule has 96 valence electrons. The molecule has 0 fully saturated rings. The van der Waals surface area contributed by atoms with Crippen molar-refractivity contribution in [1.82, 2.24) is 9.38 Å². The van der Waals surface area contributed by atoms with E-state index in [-0.39, 0.29) is 0 Å². The first-order chi connectivity index (χ1) is 9.29. The number of fused-ring (bicyclic) bond motifs is 1. The number of halogens is 1. The minimum atomic E-state index is 0.354. The van der Waals surface area contributed by atoms with Gasteiger partial charge in [-0.1, -0.05) is 24.3 Å². The summed E-state index contributed by atoms with van der Waals surface area (Å²) in [5.74, 6) is 1.72. The lowest BCUT2D eigenvalue weighted by Crippen LogP contribution is -1.93. The summed E-state index contributed by atoms with van der Waals surface area (Å²) in [6.45, 7) is 2.01.